The lowest BCUT2D eigenvalue weighted by molar-refractivity contribution is 0.462. The topological polar surface area (TPSA) is 80.4 Å². The van der Waals surface area contributed by atoms with Crippen LogP contribution in [-0.2, 0) is 10.0 Å². The van der Waals surface area contributed by atoms with Crippen molar-refractivity contribution in [2.24, 2.45) is 5.14 Å². The Morgan fingerprint density at radius 3 is 2.11 bits per heavy atom. The third-order valence-corrected chi connectivity index (χ3v) is 4.48. The molecule has 0 aliphatic carbocycles. The maximum Gasteiger partial charge on any atom is 0.239 e. The standard InChI is InChI=1S/C12H11NO3S2/c13-18(15,16)12-8-4-3-7-11(12)17-10-6-2-1-5-9(10)14/h1-8,14H,(H2,13,15,16). The summed E-state index contributed by atoms with van der Waals surface area (Å²) in [5.41, 5.74) is 0. The fraction of sp³-hybridized carbons (Fsp3) is 0. The van der Waals surface area contributed by atoms with Gasteiger partial charge < -0.3 is 5.11 Å². The molecule has 2 rings (SSSR count). The first-order chi connectivity index (χ1) is 8.48. The molecule has 94 valence electrons. The largest absolute Gasteiger partial charge is 0.507 e. The first-order valence-electron chi connectivity index (χ1n) is 5.06. The van der Waals surface area contributed by atoms with E-state index in [0.29, 0.717) is 9.79 Å². The van der Waals surface area contributed by atoms with Crippen molar-refractivity contribution < 1.29 is 13.5 Å². The maximum absolute atomic E-state index is 11.4. The number of rotatable bonds is 3. The van der Waals surface area contributed by atoms with Gasteiger partial charge in [-0.15, -0.1) is 0 Å². The maximum atomic E-state index is 11.4. The summed E-state index contributed by atoms with van der Waals surface area (Å²) in [7, 11) is -3.77. The number of hydrogen-bond donors (Lipinski definition) is 2. The lowest BCUT2D eigenvalue weighted by Gasteiger charge is -2.08. The van der Waals surface area contributed by atoms with E-state index in [-0.39, 0.29) is 10.6 Å². The minimum Gasteiger partial charge on any atom is -0.507 e. The highest BCUT2D eigenvalue weighted by atomic mass is 32.2. The van der Waals surface area contributed by atoms with Crippen molar-refractivity contribution >= 4 is 21.8 Å². The van der Waals surface area contributed by atoms with E-state index < -0.39 is 10.0 Å². The highest BCUT2D eigenvalue weighted by Gasteiger charge is 2.14. The predicted molar refractivity (Wildman–Crippen MR) is 70.0 cm³/mol. The average Bonchev–Trinajstić information content (AvgIpc) is 2.31. The van der Waals surface area contributed by atoms with Crippen molar-refractivity contribution in [1.82, 2.24) is 0 Å². The molecule has 4 nitrogen and oxygen atoms in total. The van der Waals surface area contributed by atoms with E-state index in [4.69, 9.17) is 5.14 Å². The molecular weight excluding hydrogens is 270 g/mol. The summed E-state index contributed by atoms with van der Waals surface area (Å²) in [6.07, 6.45) is 0. The summed E-state index contributed by atoms with van der Waals surface area (Å²) in [4.78, 5) is 1.12. The molecule has 0 aliphatic rings. The van der Waals surface area contributed by atoms with Gasteiger partial charge in [0.2, 0.25) is 10.0 Å². The molecule has 0 aliphatic heterocycles. The van der Waals surface area contributed by atoms with Crippen molar-refractivity contribution in [3.63, 3.8) is 0 Å². The van der Waals surface area contributed by atoms with Crippen LogP contribution in [0.3, 0.4) is 0 Å². The smallest absolute Gasteiger partial charge is 0.239 e. The number of aromatic hydroxyl groups is 1. The molecule has 0 spiro atoms. The Hall–Kier alpha value is -1.50. The van der Waals surface area contributed by atoms with Crippen LogP contribution < -0.4 is 5.14 Å². The Morgan fingerprint density at radius 2 is 1.50 bits per heavy atom. The van der Waals surface area contributed by atoms with Crippen LogP contribution in [0.25, 0.3) is 0 Å². The van der Waals surface area contributed by atoms with Crippen LogP contribution in [0.5, 0.6) is 5.75 Å². The molecule has 18 heavy (non-hydrogen) atoms. The van der Waals surface area contributed by atoms with Crippen molar-refractivity contribution in [1.29, 1.82) is 0 Å². The second-order valence-corrected chi connectivity index (χ2v) is 6.18. The summed E-state index contributed by atoms with van der Waals surface area (Å²) in [5, 5.41) is 14.8. The minimum absolute atomic E-state index is 0.0539. The summed E-state index contributed by atoms with van der Waals surface area (Å²) >= 11 is 1.16. The lowest BCUT2D eigenvalue weighted by Crippen LogP contribution is -2.13. The first kappa shape index (κ1) is 12.9. The number of benzene rings is 2. The van der Waals surface area contributed by atoms with Gasteiger partial charge in [0.15, 0.2) is 0 Å². The molecule has 0 fully saturated rings. The second kappa shape index (κ2) is 5.01. The Balaban J connectivity index is 2.45. The average molecular weight is 281 g/mol. The van der Waals surface area contributed by atoms with Gasteiger partial charge in [-0.1, -0.05) is 36.0 Å². The van der Waals surface area contributed by atoms with E-state index in [1.807, 2.05) is 0 Å². The fourth-order valence-corrected chi connectivity index (χ4v) is 3.39. The van der Waals surface area contributed by atoms with E-state index in [0.717, 1.165) is 11.8 Å². The van der Waals surface area contributed by atoms with Crippen molar-refractivity contribution in [3.05, 3.63) is 48.5 Å². The molecular formula is C12H11NO3S2. The number of para-hydroxylation sites is 1. The summed E-state index contributed by atoms with van der Waals surface area (Å²) in [6.45, 7) is 0. The molecule has 6 heteroatoms. The summed E-state index contributed by atoms with van der Waals surface area (Å²) < 4.78 is 22.9. The van der Waals surface area contributed by atoms with Gasteiger partial charge in [-0.25, -0.2) is 13.6 Å². The SMILES string of the molecule is NS(=O)(=O)c1ccccc1Sc1ccccc1O. The molecule has 0 radical (unpaired) electrons. The van der Waals surface area contributed by atoms with E-state index in [1.165, 1.54) is 6.07 Å². The fourth-order valence-electron chi connectivity index (χ4n) is 1.43. The van der Waals surface area contributed by atoms with Gasteiger partial charge >= 0.3 is 0 Å². The predicted octanol–water partition coefficient (Wildman–Crippen LogP) is 2.19. The van der Waals surface area contributed by atoms with Gasteiger partial charge in [0.25, 0.3) is 0 Å². The van der Waals surface area contributed by atoms with Crippen LogP contribution in [0.2, 0.25) is 0 Å². The minimum atomic E-state index is -3.77. The monoisotopic (exact) mass is 281 g/mol. The molecule has 0 heterocycles. The molecule has 0 aromatic heterocycles. The van der Waals surface area contributed by atoms with E-state index >= 15 is 0 Å². The van der Waals surface area contributed by atoms with Gasteiger partial charge in [-0.3, -0.25) is 0 Å². The van der Waals surface area contributed by atoms with Crippen LogP contribution in [0.1, 0.15) is 0 Å². The zero-order chi connectivity index (χ0) is 13.2. The van der Waals surface area contributed by atoms with Crippen molar-refractivity contribution in [2.75, 3.05) is 0 Å². The van der Waals surface area contributed by atoms with Gasteiger partial charge in [-0.05, 0) is 24.3 Å². The molecule has 0 unspecified atom stereocenters. The van der Waals surface area contributed by atoms with E-state index in [2.05, 4.69) is 0 Å². The molecule has 0 saturated carbocycles. The Bertz CT molecular complexity index is 669. The number of primary sulfonamides is 1. The third kappa shape index (κ3) is 2.84. The second-order valence-electron chi connectivity index (χ2n) is 3.56. The van der Waals surface area contributed by atoms with E-state index in [9.17, 15) is 13.5 Å². The molecule has 0 saturated heterocycles. The van der Waals surface area contributed by atoms with E-state index in [1.54, 1.807) is 42.5 Å². The number of phenolic OH excluding ortho intramolecular Hbond substituents is 1. The molecule has 0 amide bonds. The molecule has 2 aromatic rings. The van der Waals surface area contributed by atoms with Crippen molar-refractivity contribution in [2.45, 2.75) is 14.7 Å². The Labute approximate surface area is 110 Å². The summed E-state index contributed by atoms with van der Waals surface area (Å²) in [5.74, 6) is 0.103. The molecule has 2 aromatic carbocycles. The van der Waals surface area contributed by atoms with Crippen molar-refractivity contribution in [3.8, 4) is 5.75 Å². The Kier molecular flexibility index (Phi) is 3.60. The highest BCUT2D eigenvalue weighted by molar-refractivity contribution is 8.00. The Morgan fingerprint density at radius 1 is 0.944 bits per heavy atom. The van der Waals surface area contributed by atoms with Gasteiger partial charge in [-0.2, -0.15) is 0 Å². The lowest BCUT2D eigenvalue weighted by atomic mass is 10.3. The zero-order valence-corrected chi connectivity index (χ0v) is 10.9. The van der Waals surface area contributed by atoms with Gasteiger partial charge in [0, 0.05) is 4.90 Å². The number of sulfonamides is 1. The molecule has 3 N–H and O–H groups in total. The highest BCUT2D eigenvalue weighted by Crippen LogP contribution is 2.36. The number of nitrogens with two attached hydrogens (primary N) is 1. The summed E-state index contributed by atoms with van der Waals surface area (Å²) in [6, 6.07) is 13.1. The van der Waals surface area contributed by atoms with Gasteiger partial charge in [0.05, 0.1) is 9.79 Å². The zero-order valence-electron chi connectivity index (χ0n) is 9.28. The van der Waals surface area contributed by atoms with Crippen LogP contribution >= 0.6 is 11.8 Å². The number of phenols is 1. The normalized spacial score (nSPS) is 11.4. The van der Waals surface area contributed by atoms with Crippen LogP contribution in [0.15, 0.2) is 63.2 Å². The quantitative estimate of drug-likeness (QED) is 0.903. The van der Waals surface area contributed by atoms with Crippen LogP contribution in [0.4, 0.5) is 0 Å². The number of hydrogen-bond acceptors (Lipinski definition) is 4. The molecule has 0 bridgehead atoms. The third-order valence-electron chi connectivity index (χ3n) is 2.24. The van der Waals surface area contributed by atoms with Gasteiger partial charge in [0.1, 0.15) is 5.75 Å². The molecule has 0 atom stereocenters. The van der Waals surface area contributed by atoms with Crippen LogP contribution in [0, 0.1) is 0 Å². The van der Waals surface area contributed by atoms with Crippen LogP contribution in [-0.4, -0.2) is 13.5 Å². The first-order valence-corrected chi connectivity index (χ1v) is 7.42.